The van der Waals surface area contributed by atoms with Gasteiger partial charge in [0, 0.05) is 43.5 Å². The van der Waals surface area contributed by atoms with E-state index in [9.17, 15) is 13.2 Å². The Morgan fingerprint density at radius 1 is 0.903 bits per heavy atom. The number of aromatic nitrogens is 2. The molecule has 0 bridgehead atoms. The third-order valence-electron chi connectivity index (χ3n) is 5.06. The van der Waals surface area contributed by atoms with E-state index in [1.807, 2.05) is 18.2 Å². The number of rotatable bonds is 5. The minimum absolute atomic E-state index is 0.0528. The summed E-state index contributed by atoms with van der Waals surface area (Å²) in [5, 5.41) is 7.81. The van der Waals surface area contributed by atoms with E-state index in [4.69, 9.17) is 5.14 Å². The topological polar surface area (TPSA) is 122 Å². The Kier molecular flexibility index (Phi) is 5.83. The van der Waals surface area contributed by atoms with Gasteiger partial charge in [-0.2, -0.15) is 0 Å². The van der Waals surface area contributed by atoms with Crippen molar-refractivity contribution in [1.82, 2.24) is 9.97 Å². The monoisotopic (exact) mass is 438 g/mol. The fourth-order valence-corrected chi connectivity index (χ4v) is 3.92. The molecule has 0 spiro atoms. The maximum atomic E-state index is 12.5. The van der Waals surface area contributed by atoms with Crippen LogP contribution in [0.25, 0.3) is 0 Å². The normalized spacial score (nSPS) is 14.4. The Morgan fingerprint density at radius 2 is 1.55 bits per heavy atom. The zero-order valence-corrected chi connectivity index (χ0v) is 17.5. The lowest BCUT2D eigenvalue weighted by Crippen LogP contribution is -2.46. The van der Waals surface area contributed by atoms with Crippen molar-refractivity contribution in [2.45, 2.75) is 4.90 Å². The molecular formula is C21H22N6O3S. The smallest absolute Gasteiger partial charge is 0.256 e. The predicted octanol–water partition coefficient (Wildman–Crippen LogP) is 1.70. The number of nitrogens with zero attached hydrogens (tertiary/aromatic N) is 4. The van der Waals surface area contributed by atoms with Crippen molar-refractivity contribution in [3.63, 3.8) is 0 Å². The van der Waals surface area contributed by atoms with E-state index < -0.39 is 15.9 Å². The second-order valence-corrected chi connectivity index (χ2v) is 8.66. The summed E-state index contributed by atoms with van der Waals surface area (Å²) in [5.41, 5.74) is 1.50. The van der Waals surface area contributed by atoms with Crippen LogP contribution in [-0.4, -0.2) is 50.5 Å². The van der Waals surface area contributed by atoms with Gasteiger partial charge in [0.1, 0.15) is 18.0 Å². The summed E-state index contributed by atoms with van der Waals surface area (Å²) in [5.74, 6) is 0.707. The summed E-state index contributed by atoms with van der Waals surface area (Å²) >= 11 is 0. The van der Waals surface area contributed by atoms with Gasteiger partial charge in [0.25, 0.3) is 5.91 Å². The zero-order valence-electron chi connectivity index (χ0n) is 16.7. The first-order valence-corrected chi connectivity index (χ1v) is 11.3. The average molecular weight is 439 g/mol. The molecule has 1 fully saturated rings. The van der Waals surface area contributed by atoms with Crippen molar-refractivity contribution in [3.8, 4) is 0 Å². The summed E-state index contributed by atoms with van der Waals surface area (Å²) in [6.45, 7) is 3.33. The van der Waals surface area contributed by atoms with Crippen LogP contribution in [0.5, 0.6) is 0 Å². The van der Waals surface area contributed by atoms with Gasteiger partial charge in [-0.05, 0) is 36.4 Å². The molecular weight excluding hydrogens is 416 g/mol. The largest absolute Gasteiger partial charge is 0.368 e. The number of primary sulfonamides is 1. The van der Waals surface area contributed by atoms with Crippen molar-refractivity contribution in [1.29, 1.82) is 0 Å². The molecule has 1 aliphatic rings. The highest BCUT2D eigenvalue weighted by Crippen LogP contribution is 2.20. The fraction of sp³-hybridized carbons (Fsp3) is 0.190. The van der Waals surface area contributed by atoms with E-state index >= 15 is 0 Å². The van der Waals surface area contributed by atoms with E-state index in [2.05, 4.69) is 37.2 Å². The van der Waals surface area contributed by atoms with Gasteiger partial charge in [-0.15, -0.1) is 0 Å². The number of benzene rings is 2. The maximum Gasteiger partial charge on any atom is 0.256 e. The van der Waals surface area contributed by atoms with Crippen LogP contribution in [0.2, 0.25) is 0 Å². The van der Waals surface area contributed by atoms with Crippen LogP contribution in [0, 0.1) is 0 Å². The third-order valence-corrected chi connectivity index (χ3v) is 5.99. The number of sulfonamides is 1. The lowest BCUT2D eigenvalue weighted by molar-refractivity contribution is 0.102. The average Bonchev–Trinajstić information content (AvgIpc) is 2.79. The number of nitrogens with one attached hydrogen (secondary N) is 1. The molecule has 1 saturated heterocycles. The van der Waals surface area contributed by atoms with E-state index in [-0.39, 0.29) is 4.90 Å². The number of para-hydroxylation sites is 1. The summed E-state index contributed by atoms with van der Waals surface area (Å²) in [4.78, 5) is 25.4. The van der Waals surface area contributed by atoms with E-state index in [0.29, 0.717) is 11.4 Å². The number of piperazine rings is 1. The number of amides is 1. The van der Waals surface area contributed by atoms with Crippen molar-refractivity contribution >= 4 is 33.3 Å². The van der Waals surface area contributed by atoms with Gasteiger partial charge in [0.2, 0.25) is 10.0 Å². The summed E-state index contributed by atoms with van der Waals surface area (Å²) < 4.78 is 22.7. The van der Waals surface area contributed by atoms with Crippen LogP contribution >= 0.6 is 0 Å². The van der Waals surface area contributed by atoms with Gasteiger partial charge in [-0.25, -0.2) is 23.5 Å². The van der Waals surface area contributed by atoms with Crippen LogP contribution in [0.15, 0.2) is 71.9 Å². The predicted molar refractivity (Wildman–Crippen MR) is 119 cm³/mol. The Bertz CT molecular complexity index is 1160. The Hall–Kier alpha value is -3.50. The number of carbonyl (C=O) groups is 1. The standard InChI is InChI=1S/C21H22N6O3S/c22-31(29,30)18-8-6-16(7-9-18)21(28)25-19-14-20(24-15-23-19)27-12-10-26(11-13-27)17-4-2-1-3-5-17/h1-9,14-15H,10-13H2,(H2,22,29,30)(H,23,24,25,28). The van der Waals surface area contributed by atoms with Gasteiger partial charge in [-0.1, -0.05) is 18.2 Å². The molecule has 3 N–H and O–H groups in total. The van der Waals surface area contributed by atoms with Gasteiger partial charge in [0.05, 0.1) is 4.90 Å². The molecule has 0 radical (unpaired) electrons. The van der Waals surface area contributed by atoms with Crippen molar-refractivity contribution in [2.75, 3.05) is 41.3 Å². The van der Waals surface area contributed by atoms with Crippen molar-refractivity contribution < 1.29 is 13.2 Å². The maximum absolute atomic E-state index is 12.5. The third kappa shape index (κ3) is 4.98. The first-order valence-electron chi connectivity index (χ1n) is 9.71. The van der Waals surface area contributed by atoms with Gasteiger partial charge in [-0.3, -0.25) is 4.79 Å². The molecule has 10 heteroatoms. The second-order valence-electron chi connectivity index (χ2n) is 7.09. The molecule has 1 aromatic heterocycles. The number of nitrogens with two attached hydrogens (primary N) is 1. The molecule has 160 valence electrons. The Morgan fingerprint density at radius 3 is 2.19 bits per heavy atom. The highest BCUT2D eigenvalue weighted by atomic mass is 32.2. The van der Waals surface area contributed by atoms with Gasteiger partial charge >= 0.3 is 0 Å². The first kappa shape index (κ1) is 20.8. The quantitative estimate of drug-likeness (QED) is 0.622. The van der Waals surface area contributed by atoms with Crippen LogP contribution in [-0.2, 0) is 10.0 Å². The van der Waals surface area contributed by atoms with Crippen molar-refractivity contribution in [3.05, 3.63) is 72.6 Å². The highest BCUT2D eigenvalue weighted by Gasteiger charge is 2.19. The summed E-state index contributed by atoms with van der Waals surface area (Å²) in [6, 6.07) is 17.4. The Balaban J connectivity index is 1.40. The lowest BCUT2D eigenvalue weighted by atomic mass is 10.2. The van der Waals surface area contributed by atoms with E-state index in [1.165, 1.54) is 36.3 Å². The van der Waals surface area contributed by atoms with Crippen LogP contribution < -0.4 is 20.3 Å². The van der Waals surface area contributed by atoms with E-state index in [0.717, 1.165) is 32.0 Å². The molecule has 3 aromatic rings. The first-order chi connectivity index (χ1) is 14.9. The molecule has 31 heavy (non-hydrogen) atoms. The van der Waals surface area contributed by atoms with Gasteiger partial charge in [0.15, 0.2) is 0 Å². The van der Waals surface area contributed by atoms with E-state index in [1.54, 1.807) is 6.07 Å². The number of anilines is 3. The summed E-state index contributed by atoms with van der Waals surface area (Å²) in [6.07, 6.45) is 1.42. The van der Waals surface area contributed by atoms with Gasteiger partial charge < -0.3 is 15.1 Å². The minimum atomic E-state index is -3.81. The molecule has 0 atom stereocenters. The molecule has 0 unspecified atom stereocenters. The Labute approximate surface area is 180 Å². The molecule has 1 amide bonds. The lowest BCUT2D eigenvalue weighted by Gasteiger charge is -2.36. The fourth-order valence-electron chi connectivity index (χ4n) is 3.41. The van der Waals surface area contributed by atoms with Crippen LogP contribution in [0.4, 0.5) is 17.3 Å². The zero-order chi connectivity index (χ0) is 21.8. The minimum Gasteiger partial charge on any atom is -0.368 e. The molecule has 0 aliphatic carbocycles. The number of carbonyl (C=O) groups excluding carboxylic acids is 1. The molecule has 1 aliphatic heterocycles. The molecule has 9 nitrogen and oxygen atoms in total. The SMILES string of the molecule is NS(=O)(=O)c1ccc(C(=O)Nc2cc(N3CCN(c4ccccc4)CC3)ncn2)cc1. The molecule has 2 aromatic carbocycles. The summed E-state index contributed by atoms with van der Waals surface area (Å²) in [7, 11) is -3.81. The molecule has 4 rings (SSSR count). The molecule has 2 heterocycles. The van der Waals surface area contributed by atoms with Crippen LogP contribution in [0.1, 0.15) is 10.4 Å². The molecule has 0 saturated carbocycles. The van der Waals surface area contributed by atoms with Crippen molar-refractivity contribution in [2.24, 2.45) is 5.14 Å². The number of hydrogen-bond acceptors (Lipinski definition) is 7. The second kappa shape index (κ2) is 8.70. The number of hydrogen-bond donors (Lipinski definition) is 2. The van der Waals surface area contributed by atoms with Crippen LogP contribution in [0.3, 0.4) is 0 Å². The highest BCUT2D eigenvalue weighted by molar-refractivity contribution is 7.89.